The molecule has 0 amide bonds. The van der Waals surface area contributed by atoms with Crippen LogP contribution in [0.1, 0.15) is 5.76 Å². The van der Waals surface area contributed by atoms with Crippen molar-refractivity contribution in [2.45, 2.75) is 6.54 Å². The van der Waals surface area contributed by atoms with Crippen molar-refractivity contribution in [1.29, 1.82) is 0 Å². The number of nitro benzene ring substituents is 1. The van der Waals surface area contributed by atoms with Gasteiger partial charge in [0.2, 0.25) is 0 Å². The zero-order chi connectivity index (χ0) is 10.1. The van der Waals surface area contributed by atoms with E-state index in [-0.39, 0.29) is 18.1 Å². The first-order valence-electron chi connectivity index (χ1n) is 4.07. The summed E-state index contributed by atoms with van der Waals surface area (Å²) in [5.41, 5.74) is 6.06. The lowest BCUT2D eigenvalue weighted by Crippen LogP contribution is -1.92. The first kappa shape index (κ1) is 11.5. The van der Waals surface area contributed by atoms with E-state index >= 15 is 0 Å². The summed E-state index contributed by atoms with van der Waals surface area (Å²) in [5, 5.41) is 11.2. The van der Waals surface area contributed by atoms with Gasteiger partial charge in [0.25, 0.3) is 5.69 Å². The molecular formula is C9H9ClN2O3. The molecule has 0 fully saturated rings. The third-order valence-electron chi connectivity index (χ3n) is 1.96. The number of fused-ring (bicyclic) bond motifs is 1. The van der Waals surface area contributed by atoms with Gasteiger partial charge in [-0.05, 0) is 12.1 Å². The minimum Gasteiger partial charge on any atom is -0.460 e. The summed E-state index contributed by atoms with van der Waals surface area (Å²) in [6.07, 6.45) is 0. The van der Waals surface area contributed by atoms with E-state index in [1.54, 1.807) is 12.1 Å². The Morgan fingerprint density at radius 3 is 2.73 bits per heavy atom. The summed E-state index contributed by atoms with van der Waals surface area (Å²) in [6.45, 7) is 0.294. The molecule has 0 aliphatic carbocycles. The Morgan fingerprint density at radius 1 is 1.40 bits per heavy atom. The maximum absolute atomic E-state index is 10.5. The van der Waals surface area contributed by atoms with Crippen molar-refractivity contribution in [2.24, 2.45) is 5.73 Å². The zero-order valence-electron chi connectivity index (χ0n) is 7.67. The van der Waals surface area contributed by atoms with Gasteiger partial charge < -0.3 is 10.2 Å². The van der Waals surface area contributed by atoms with E-state index in [1.165, 1.54) is 12.1 Å². The molecule has 0 aliphatic heterocycles. The molecule has 0 atom stereocenters. The Bertz CT molecular complexity index is 495. The molecule has 80 valence electrons. The summed E-state index contributed by atoms with van der Waals surface area (Å²) in [6, 6.07) is 6.17. The first-order chi connectivity index (χ1) is 6.70. The van der Waals surface area contributed by atoms with E-state index in [4.69, 9.17) is 10.2 Å². The number of hydrogen-bond acceptors (Lipinski definition) is 4. The number of hydrogen-bond donors (Lipinski definition) is 1. The van der Waals surface area contributed by atoms with Crippen LogP contribution >= 0.6 is 12.4 Å². The Kier molecular flexibility index (Phi) is 3.28. The molecule has 1 aromatic heterocycles. The van der Waals surface area contributed by atoms with E-state index in [1.807, 2.05) is 0 Å². The Morgan fingerprint density at radius 2 is 2.13 bits per heavy atom. The van der Waals surface area contributed by atoms with Crippen molar-refractivity contribution >= 4 is 29.1 Å². The molecule has 0 saturated carbocycles. The lowest BCUT2D eigenvalue weighted by atomic mass is 10.2. The fraction of sp³-hybridized carbons (Fsp3) is 0.111. The molecule has 15 heavy (non-hydrogen) atoms. The molecule has 0 spiro atoms. The maximum atomic E-state index is 10.5. The van der Waals surface area contributed by atoms with Crippen molar-refractivity contribution in [3.8, 4) is 0 Å². The van der Waals surface area contributed by atoms with Gasteiger partial charge >= 0.3 is 0 Å². The van der Waals surface area contributed by atoms with Gasteiger partial charge in [-0.1, -0.05) is 0 Å². The number of benzene rings is 1. The number of halogens is 1. The normalized spacial score (nSPS) is 9.93. The number of non-ortho nitro benzene ring substituents is 1. The molecule has 6 heteroatoms. The van der Waals surface area contributed by atoms with E-state index in [0.29, 0.717) is 23.3 Å². The smallest absolute Gasteiger partial charge is 0.270 e. The standard InChI is InChI=1S/C9H8N2O3.ClH/c10-5-8-4-6-3-7(11(12)13)1-2-9(6)14-8;/h1-4H,5,10H2;1H. The summed E-state index contributed by atoms with van der Waals surface area (Å²) in [5.74, 6) is 0.625. The molecule has 5 nitrogen and oxygen atoms in total. The molecule has 1 heterocycles. The van der Waals surface area contributed by atoms with E-state index in [0.717, 1.165) is 0 Å². The third-order valence-corrected chi connectivity index (χ3v) is 1.96. The number of nitrogens with zero attached hydrogens (tertiary/aromatic N) is 1. The van der Waals surface area contributed by atoms with Crippen molar-refractivity contribution in [3.63, 3.8) is 0 Å². The highest BCUT2D eigenvalue weighted by atomic mass is 35.5. The second kappa shape index (κ2) is 4.29. The number of rotatable bonds is 2. The van der Waals surface area contributed by atoms with Gasteiger partial charge in [0.15, 0.2) is 0 Å². The maximum Gasteiger partial charge on any atom is 0.270 e. The quantitative estimate of drug-likeness (QED) is 0.631. The topological polar surface area (TPSA) is 82.3 Å². The third kappa shape index (κ3) is 2.08. The summed E-state index contributed by atoms with van der Waals surface area (Å²) in [4.78, 5) is 10.0. The second-order valence-electron chi connectivity index (χ2n) is 2.90. The molecular weight excluding hydrogens is 220 g/mol. The van der Waals surface area contributed by atoms with Crippen LogP contribution in [0.25, 0.3) is 11.0 Å². The predicted octanol–water partition coefficient (Wildman–Crippen LogP) is 2.22. The van der Waals surface area contributed by atoms with Crippen LogP contribution in [0.2, 0.25) is 0 Å². The molecule has 0 saturated heterocycles. The fourth-order valence-electron chi connectivity index (χ4n) is 1.30. The largest absolute Gasteiger partial charge is 0.460 e. The van der Waals surface area contributed by atoms with Crippen LogP contribution in [0.3, 0.4) is 0 Å². The highest BCUT2D eigenvalue weighted by Gasteiger charge is 2.08. The average molecular weight is 229 g/mol. The van der Waals surface area contributed by atoms with Gasteiger partial charge in [0.1, 0.15) is 11.3 Å². The molecule has 0 bridgehead atoms. The van der Waals surface area contributed by atoms with Crippen LogP contribution in [0.5, 0.6) is 0 Å². The summed E-state index contributed by atoms with van der Waals surface area (Å²) in [7, 11) is 0. The van der Waals surface area contributed by atoms with Gasteiger partial charge in [-0.25, -0.2) is 0 Å². The summed E-state index contributed by atoms with van der Waals surface area (Å²) >= 11 is 0. The van der Waals surface area contributed by atoms with Crippen molar-refractivity contribution in [3.05, 3.63) is 40.1 Å². The minimum absolute atomic E-state index is 0. The van der Waals surface area contributed by atoms with Gasteiger partial charge in [0.05, 0.1) is 11.5 Å². The molecule has 0 aliphatic rings. The van der Waals surface area contributed by atoms with E-state index in [2.05, 4.69) is 0 Å². The van der Waals surface area contributed by atoms with Crippen LogP contribution in [0.15, 0.2) is 28.7 Å². The van der Waals surface area contributed by atoms with Gasteiger partial charge in [-0.3, -0.25) is 10.1 Å². The van der Waals surface area contributed by atoms with Crippen LogP contribution < -0.4 is 5.73 Å². The Hall–Kier alpha value is -1.59. The molecule has 1 aromatic carbocycles. The number of furan rings is 1. The zero-order valence-corrected chi connectivity index (χ0v) is 8.49. The summed E-state index contributed by atoms with van der Waals surface area (Å²) < 4.78 is 5.30. The average Bonchev–Trinajstić information content (AvgIpc) is 2.58. The predicted molar refractivity (Wildman–Crippen MR) is 58.0 cm³/mol. The van der Waals surface area contributed by atoms with Crippen molar-refractivity contribution in [1.82, 2.24) is 0 Å². The molecule has 2 N–H and O–H groups in total. The Labute approximate surface area is 91.4 Å². The van der Waals surface area contributed by atoms with Crippen LogP contribution in [0, 0.1) is 10.1 Å². The minimum atomic E-state index is -0.436. The van der Waals surface area contributed by atoms with Crippen LogP contribution in [-0.2, 0) is 6.54 Å². The highest BCUT2D eigenvalue weighted by molar-refractivity contribution is 5.85. The highest BCUT2D eigenvalue weighted by Crippen LogP contribution is 2.23. The molecule has 0 radical (unpaired) electrons. The van der Waals surface area contributed by atoms with Gasteiger partial charge in [0, 0.05) is 17.5 Å². The Balaban J connectivity index is 0.00000112. The fourth-order valence-corrected chi connectivity index (χ4v) is 1.30. The molecule has 0 unspecified atom stereocenters. The monoisotopic (exact) mass is 228 g/mol. The van der Waals surface area contributed by atoms with E-state index < -0.39 is 4.92 Å². The number of nitro groups is 1. The van der Waals surface area contributed by atoms with Crippen molar-refractivity contribution < 1.29 is 9.34 Å². The molecule has 2 aromatic rings. The van der Waals surface area contributed by atoms with Gasteiger partial charge in [-0.2, -0.15) is 0 Å². The lowest BCUT2D eigenvalue weighted by molar-refractivity contribution is -0.384. The SMILES string of the molecule is Cl.NCc1cc2cc([N+](=O)[O-])ccc2o1. The lowest BCUT2D eigenvalue weighted by Gasteiger charge is -1.89. The van der Waals surface area contributed by atoms with Gasteiger partial charge in [-0.15, -0.1) is 12.4 Å². The van der Waals surface area contributed by atoms with Crippen LogP contribution in [0.4, 0.5) is 5.69 Å². The van der Waals surface area contributed by atoms with Crippen molar-refractivity contribution in [2.75, 3.05) is 0 Å². The van der Waals surface area contributed by atoms with Crippen LogP contribution in [-0.4, -0.2) is 4.92 Å². The first-order valence-corrected chi connectivity index (χ1v) is 4.07. The number of nitrogens with two attached hydrogens (primary N) is 1. The van der Waals surface area contributed by atoms with E-state index in [9.17, 15) is 10.1 Å². The second-order valence-corrected chi connectivity index (χ2v) is 2.90. The molecule has 2 rings (SSSR count).